The van der Waals surface area contributed by atoms with Crippen LogP contribution in [0.5, 0.6) is 17.2 Å². The first kappa shape index (κ1) is 17.6. The van der Waals surface area contributed by atoms with Crippen molar-refractivity contribution < 1.29 is 23.5 Å². The molecule has 0 radical (unpaired) electrons. The number of carbonyl (C=O) groups is 2. The van der Waals surface area contributed by atoms with E-state index in [1.165, 1.54) is 7.11 Å². The Balaban J connectivity index is 1.52. The Morgan fingerprint density at radius 3 is 2.66 bits per heavy atom. The van der Waals surface area contributed by atoms with Crippen LogP contribution < -0.4 is 9.47 Å². The van der Waals surface area contributed by atoms with Crippen molar-refractivity contribution in [1.29, 1.82) is 0 Å². The molecular formula is C23H14O5S. The van der Waals surface area contributed by atoms with Gasteiger partial charge in [0.25, 0.3) is 0 Å². The summed E-state index contributed by atoms with van der Waals surface area (Å²) in [6.45, 7) is 0. The van der Waals surface area contributed by atoms with Crippen molar-refractivity contribution in [2.24, 2.45) is 0 Å². The second kappa shape index (κ2) is 6.83. The molecule has 0 N–H and O–H groups in total. The molecule has 0 saturated heterocycles. The van der Waals surface area contributed by atoms with Gasteiger partial charge in [-0.2, -0.15) is 0 Å². The van der Waals surface area contributed by atoms with Gasteiger partial charge in [-0.3, -0.25) is 9.59 Å². The molecule has 5 nitrogen and oxygen atoms in total. The fourth-order valence-corrected chi connectivity index (χ4v) is 4.28. The van der Waals surface area contributed by atoms with Crippen molar-refractivity contribution in [3.05, 3.63) is 77.6 Å². The van der Waals surface area contributed by atoms with Crippen LogP contribution in [0, 0.1) is 0 Å². The van der Waals surface area contributed by atoms with Crippen LogP contribution in [0.15, 0.2) is 74.9 Å². The van der Waals surface area contributed by atoms with E-state index in [4.69, 9.17) is 13.9 Å². The first-order valence-corrected chi connectivity index (χ1v) is 9.68. The molecule has 1 aromatic heterocycles. The molecule has 0 saturated carbocycles. The highest BCUT2D eigenvalue weighted by atomic mass is 32.2. The van der Waals surface area contributed by atoms with Gasteiger partial charge in [-0.15, -0.1) is 0 Å². The molecule has 29 heavy (non-hydrogen) atoms. The SMILES string of the molecule is COc1cc(C=O)cc2cc(C(=O)c3ccc4c(c3)Sc3ccccc3O4)oc12. The zero-order valence-electron chi connectivity index (χ0n) is 15.3. The van der Waals surface area contributed by atoms with Gasteiger partial charge in [0.1, 0.15) is 17.8 Å². The molecule has 0 spiro atoms. The van der Waals surface area contributed by atoms with Gasteiger partial charge in [0, 0.05) is 16.5 Å². The topological polar surface area (TPSA) is 65.7 Å². The maximum Gasteiger partial charge on any atom is 0.228 e. The standard InChI is InChI=1S/C23H14O5S/c1-26-19-9-13(12-24)8-15-10-18(28-23(15)19)22(25)14-6-7-17-21(11-14)29-20-5-3-2-4-16(20)27-17/h2-12H,1H3. The van der Waals surface area contributed by atoms with E-state index in [9.17, 15) is 9.59 Å². The van der Waals surface area contributed by atoms with E-state index in [-0.39, 0.29) is 11.5 Å². The van der Waals surface area contributed by atoms with Gasteiger partial charge < -0.3 is 13.9 Å². The number of hydrogen-bond donors (Lipinski definition) is 0. The van der Waals surface area contributed by atoms with Crippen LogP contribution >= 0.6 is 11.8 Å². The van der Waals surface area contributed by atoms with E-state index >= 15 is 0 Å². The summed E-state index contributed by atoms with van der Waals surface area (Å²) in [6.07, 6.45) is 0.731. The van der Waals surface area contributed by atoms with E-state index in [1.807, 2.05) is 24.3 Å². The molecule has 6 heteroatoms. The quantitative estimate of drug-likeness (QED) is 0.282. The van der Waals surface area contributed by atoms with Crippen molar-refractivity contribution in [3.63, 3.8) is 0 Å². The predicted octanol–water partition coefficient (Wildman–Crippen LogP) is 5.74. The van der Waals surface area contributed by atoms with Gasteiger partial charge in [0.15, 0.2) is 17.1 Å². The number of benzene rings is 3. The average Bonchev–Trinajstić information content (AvgIpc) is 3.20. The molecule has 0 fully saturated rings. The van der Waals surface area contributed by atoms with Crippen molar-refractivity contribution in [2.75, 3.05) is 7.11 Å². The summed E-state index contributed by atoms with van der Waals surface area (Å²) in [7, 11) is 1.49. The third-order valence-corrected chi connectivity index (χ3v) is 5.78. The number of furan rings is 1. The lowest BCUT2D eigenvalue weighted by Crippen LogP contribution is -2.02. The minimum absolute atomic E-state index is 0.184. The van der Waals surface area contributed by atoms with Crippen LogP contribution in [-0.2, 0) is 0 Å². The van der Waals surface area contributed by atoms with Gasteiger partial charge in [-0.25, -0.2) is 0 Å². The number of para-hydroxylation sites is 1. The summed E-state index contributed by atoms with van der Waals surface area (Å²) in [5, 5.41) is 0.638. The summed E-state index contributed by atoms with van der Waals surface area (Å²) < 4.78 is 17.0. The van der Waals surface area contributed by atoms with Gasteiger partial charge in [0.2, 0.25) is 5.78 Å². The van der Waals surface area contributed by atoms with Crippen molar-refractivity contribution in [2.45, 2.75) is 9.79 Å². The van der Waals surface area contributed by atoms with Gasteiger partial charge >= 0.3 is 0 Å². The molecule has 0 aliphatic carbocycles. The van der Waals surface area contributed by atoms with Crippen LogP contribution in [0.1, 0.15) is 26.5 Å². The Bertz CT molecular complexity index is 1290. The fourth-order valence-electron chi connectivity index (χ4n) is 3.29. The lowest BCUT2D eigenvalue weighted by molar-refractivity contribution is 0.101. The molecule has 142 valence electrons. The normalized spacial score (nSPS) is 12.0. The molecule has 2 heterocycles. The van der Waals surface area contributed by atoms with Crippen molar-refractivity contribution >= 4 is 34.8 Å². The predicted molar refractivity (Wildman–Crippen MR) is 109 cm³/mol. The molecule has 1 aliphatic heterocycles. The van der Waals surface area contributed by atoms with Gasteiger partial charge in [0.05, 0.1) is 16.9 Å². The zero-order chi connectivity index (χ0) is 20.0. The van der Waals surface area contributed by atoms with E-state index < -0.39 is 0 Å². The highest BCUT2D eigenvalue weighted by molar-refractivity contribution is 7.99. The number of carbonyl (C=O) groups excluding carboxylic acids is 2. The Labute approximate surface area is 170 Å². The smallest absolute Gasteiger partial charge is 0.228 e. The third-order valence-electron chi connectivity index (χ3n) is 4.68. The summed E-state index contributed by atoms with van der Waals surface area (Å²) >= 11 is 1.56. The molecule has 3 aromatic carbocycles. The first-order valence-electron chi connectivity index (χ1n) is 8.86. The summed E-state index contributed by atoms with van der Waals surface area (Å²) in [5.74, 6) is 1.86. The minimum Gasteiger partial charge on any atom is -0.493 e. The minimum atomic E-state index is -0.252. The molecule has 4 aromatic rings. The number of ether oxygens (including phenoxy) is 2. The second-order valence-corrected chi connectivity index (χ2v) is 7.60. The number of aldehydes is 1. The maximum absolute atomic E-state index is 13.0. The van der Waals surface area contributed by atoms with Crippen LogP contribution in [0.3, 0.4) is 0 Å². The Morgan fingerprint density at radius 1 is 1.00 bits per heavy atom. The molecule has 0 amide bonds. The van der Waals surface area contributed by atoms with E-state index in [0.717, 1.165) is 21.8 Å². The molecule has 0 atom stereocenters. The highest BCUT2D eigenvalue weighted by Gasteiger charge is 2.22. The average molecular weight is 402 g/mol. The highest BCUT2D eigenvalue weighted by Crippen LogP contribution is 2.47. The van der Waals surface area contributed by atoms with Crippen molar-refractivity contribution in [3.8, 4) is 17.2 Å². The number of ketones is 1. The number of fused-ring (bicyclic) bond motifs is 3. The first-order chi connectivity index (χ1) is 14.2. The van der Waals surface area contributed by atoms with Gasteiger partial charge in [-0.1, -0.05) is 23.9 Å². The Kier molecular flexibility index (Phi) is 4.14. The largest absolute Gasteiger partial charge is 0.493 e. The number of methoxy groups -OCH3 is 1. The fraction of sp³-hybridized carbons (Fsp3) is 0.0435. The molecular weight excluding hydrogens is 388 g/mol. The van der Waals surface area contributed by atoms with E-state index in [0.29, 0.717) is 33.6 Å². The summed E-state index contributed by atoms with van der Waals surface area (Å²) in [6, 6.07) is 18.0. The van der Waals surface area contributed by atoms with Crippen LogP contribution in [-0.4, -0.2) is 19.2 Å². The van der Waals surface area contributed by atoms with E-state index in [2.05, 4.69) is 0 Å². The van der Waals surface area contributed by atoms with Crippen molar-refractivity contribution in [1.82, 2.24) is 0 Å². The Morgan fingerprint density at radius 2 is 1.83 bits per heavy atom. The van der Waals surface area contributed by atoms with Gasteiger partial charge in [-0.05, 0) is 48.5 Å². The summed E-state index contributed by atoms with van der Waals surface area (Å²) in [4.78, 5) is 26.1. The second-order valence-electron chi connectivity index (χ2n) is 6.51. The van der Waals surface area contributed by atoms with E-state index in [1.54, 1.807) is 48.2 Å². The maximum atomic E-state index is 13.0. The molecule has 1 aliphatic rings. The Hall–Kier alpha value is -3.51. The summed E-state index contributed by atoms with van der Waals surface area (Å²) in [5.41, 5.74) is 1.38. The van der Waals surface area contributed by atoms with Crippen LogP contribution in [0.4, 0.5) is 0 Å². The third kappa shape index (κ3) is 2.98. The zero-order valence-corrected chi connectivity index (χ0v) is 16.1. The lowest BCUT2D eigenvalue weighted by atomic mass is 10.1. The monoisotopic (exact) mass is 402 g/mol. The molecule has 0 unspecified atom stereocenters. The molecule has 5 rings (SSSR count). The lowest BCUT2D eigenvalue weighted by Gasteiger charge is -2.19. The van der Waals surface area contributed by atoms with Crippen LogP contribution in [0.2, 0.25) is 0 Å². The number of hydrogen-bond acceptors (Lipinski definition) is 6. The number of rotatable bonds is 4. The van der Waals surface area contributed by atoms with Crippen LogP contribution in [0.25, 0.3) is 11.0 Å². The molecule has 0 bridgehead atoms.